The molecule has 0 bridgehead atoms. The predicted octanol–water partition coefficient (Wildman–Crippen LogP) is 5.00. The molecule has 160 valence electrons. The predicted molar refractivity (Wildman–Crippen MR) is 117 cm³/mol. The molecule has 0 atom stereocenters. The molecule has 0 aliphatic rings. The molecular weight excluding hydrogens is 409 g/mol. The van der Waals surface area contributed by atoms with Gasteiger partial charge >= 0.3 is 5.97 Å². The zero-order valence-electron chi connectivity index (χ0n) is 17.6. The number of hydrogen-bond donors (Lipinski definition) is 0. The summed E-state index contributed by atoms with van der Waals surface area (Å²) >= 11 is 0. The number of fused-ring (bicyclic) bond motifs is 1. The molecule has 0 fully saturated rings. The Morgan fingerprint density at radius 2 is 1.97 bits per heavy atom. The number of imidazole rings is 1. The molecule has 2 heterocycles. The fourth-order valence-electron chi connectivity index (χ4n) is 3.61. The van der Waals surface area contributed by atoms with Crippen molar-refractivity contribution in [1.82, 2.24) is 9.38 Å². The Labute approximate surface area is 184 Å². The molecule has 0 saturated carbocycles. The summed E-state index contributed by atoms with van der Waals surface area (Å²) in [6.07, 6.45) is 3.62. The first-order valence-corrected chi connectivity index (χ1v) is 10.0. The average molecular weight is 429 g/mol. The normalized spacial score (nSPS) is 10.8. The van der Waals surface area contributed by atoms with Crippen LogP contribution in [0.3, 0.4) is 0 Å². The summed E-state index contributed by atoms with van der Waals surface area (Å²) in [4.78, 5) is 16.4. The molecule has 0 N–H and O–H groups in total. The van der Waals surface area contributed by atoms with Crippen LogP contribution in [0.1, 0.15) is 28.4 Å². The number of pyridine rings is 1. The molecule has 4 aromatic rings. The van der Waals surface area contributed by atoms with Gasteiger partial charge in [0, 0.05) is 18.9 Å². The molecule has 0 aliphatic carbocycles. The first-order valence-electron chi connectivity index (χ1n) is 10.0. The standard InChI is InChI=1S/C25H20FN3O3/c1-3-32-25(30)21-8-5-17(11-22(21)26)18-6-9-24-28-13-23(29(24)14-18)20-7-4-16(12-27)10-19(20)15-31-2/h4-11,13-14H,3,15H2,1-2H3. The van der Waals surface area contributed by atoms with E-state index in [0.29, 0.717) is 17.7 Å². The third-order valence-electron chi connectivity index (χ3n) is 5.11. The van der Waals surface area contributed by atoms with E-state index >= 15 is 0 Å². The zero-order valence-corrected chi connectivity index (χ0v) is 17.6. The lowest BCUT2D eigenvalue weighted by molar-refractivity contribution is 0.0521. The van der Waals surface area contributed by atoms with Crippen molar-refractivity contribution in [3.63, 3.8) is 0 Å². The molecule has 0 saturated heterocycles. The fraction of sp³-hybridized carbons (Fsp3) is 0.160. The van der Waals surface area contributed by atoms with Crippen molar-refractivity contribution < 1.29 is 18.7 Å². The van der Waals surface area contributed by atoms with Crippen LogP contribution in [0.2, 0.25) is 0 Å². The number of carbonyl (C=O) groups is 1. The number of ether oxygens (including phenoxy) is 2. The fourth-order valence-corrected chi connectivity index (χ4v) is 3.61. The molecule has 2 aromatic heterocycles. The minimum Gasteiger partial charge on any atom is -0.462 e. The van der Waals surface area contributed by atoms with Gasteiger partial charge < -0.3 is 9.47 Å². The number of nitriles is 1. The van der Waals surface area contributed by atoms with E-state index in [-0.39, 0.29) is 12.2 Å². The summed E-state index contributed by atoms with van der Waals surface area (Å²) < 4.78 is 26.7. The number of nitrogens with zero attached hydrogens (tertiary/aromatic N) is 3. The van der Waals surface area contributed by atoms with Gasteiger partial charge in [-0.25, -0.2) is 14.2 Å². The van der Waals surface area contributed by atoms with Gasteiger partial charge in [0.25, 0.3) is 0 Å². The van der Waals surface area contributed by atoms with Gasteiger partial charge in [-0.1, -0.05) is 12.1 Å². The molecule has 0 unspecified atom stereocenters. The van der Waals surface area contributed by atoms with E-state index in [1.54, 1.807) is 38.4 Å². The first-order chi connectivity index (χ1) is 15.5. The molecule has 2 aromatic carbocycles. The zero-order chi connectivity index (χ0) is 22.7. The summed E-state index contributed by atoms with van der Waals surface area (Å²) in [7, 11) is 1.60. The van der Waals surface area contributed by atoms with Crippen LogP contribution in [0.5, 0.6) is 0 Å². The Balaban J connectivity index is 1.79. The van der Waals surface area contributed by atoms with E-state index in [4.69, 9.17) is 9.47 Å². The van der Waals surface area contributed by atoms with E-state index in [2.05, 4.69) is 11.1 Å². The number of aromatic nitrogens is 2. The van der Waals surface area contributed by atoms with Gasteiger partial charge in [-0.15, -0.1) is 0 Å². The lowest BCUT2D eigenvalue weighted by atomic mass is 10.0. The van der Waals surface area contributed by atoms with Gasteiger partial charge in [0.1, 0.15) is 11.5 Å². The highest BCUT2D eigenvalue weighted by Crippen LogP contribution is 2.29. The number of rotatable bonds is 6. The summed E-state index contributed by atoms with van der Waals surface area (Å²) in [5, 5.41) is 9.22. The minimum atomic E-state index is -0.685. The second-order valence-corrected chi connectivity index (χ2v) is 7.12. The number of hydrogen-bond acceptors (Lipinski definition) is 5. The van der Waals surface area contributed by atoms with Gasteiger partial charge in [0.05, 0.1) is 42.3 Å². The SMILES string of the molecule is CCOC(=O)c1ccc(-c2ccc3ncc(-c4ccc(C#N)cc4COC)n3c2)cc1F. The van der Waals surface area contributed by atoms with Crippen LogP contribution in [-0.4, -0.2) is 29.1 Å². The molecule has 7 heteroatoms. The number of benzene rings is 2. The highest BCUT2D eigenvalue weighted by molar-refractivity contribution is 5.90. The average Bonchev–Trinajstić information content (AvgIpc) is 3.22. The van der Waals surface area contributed by atoms with Crippen molar-refractivity contribution in [2.24, 2.45) is 0 Å². The maximum absolute atomic E-state index is 14.6. The molecule has 4 rings (SSSR count). The van der Waals surface area contributed by atoms with Gasteiger partial charge in [0.15, 0.2) is 0 Å². The number of halogens is 1. The van der Waals surface area contributed by atoms with E-state index in [1.807, 2.05) is 28.8 Å². The van der Waals surface area contributed by atoms with Crippen LogP contribution >= 0.6 is 0 Å². The van der Waals surface area contributed by atoms with E-state index in [9.17, 15) is 14.4 Å². The Bertz CT molecular complexity index is 1350. The van der Waals surface area contributed by atoms with Crippen molar-refractivity contribution in [3.05, 3.63) is 83.4 Å². The maximum atomic E-state index is 14.6. The number of esters is 1. The summed E-state index contributed by atoms with van der Waals surface area (Å²) in [5.74, 6) is -1.32. The lowest BCUT2D eigenvalue weighted by Gasteiger charge is -2.11. The largest absolute Gasteiger partial charge is 0.462 e. The highest BCUT2D eigenvalue weighted by Gasteiger charge is 2.15. The van der Waals surface area contributed by atoms with E-state index in [0.717, 1.165) is 28.0 Å². The third kappa shape index (κ3) is 3.96. The minimum absolute atomic E-state index is 0.0956. The molecule has 0 aliphatic heterocycles. The van der Waals surface area contributed by atoms with Crippen molar-refractivity contribution in [2.75, 3.05) is 13.7 Å². The van der Waals surface area contributed by atoms with Crippen LogP contribution in [0.15, 0.2) is 60.9 Å². The molecular formula is C25H20FN3O3. The number of methoxy groups -OCH3 is 1. The van der Waals surface area contributed by atoms with E-state index in [1.165, 1.54) is 12.1 Å². The Kier molecular flexibility index (Phi) is 5.97. The van der Waals surface area contributed by atoms with Crippen LogP contribution in [0.25, 0.3) is 28.0 Å². The Hall–Kier alpha value is -4.02. The van der Waals surface area contributed by atoms with Gasteiger partial charge in [-0.05, 0) is 60.0 Å². The van der Waals surface area contributed by atoms with Crippen molar-refractivity contribution in [1.29, 1.82) is 5.26 Å². The second kappa shape index (κ2) is 9.00. The van der Waals surface area contributed by atoms with E-state index < -0.39 is 11.8 Å². The van der Waals surface area contributed by atoms with Crippen LogP contribution in [0.4, 0.5) is 4.39 Å². The van der Waals surface area contributed by atoms with Crippen molar-refractivity contribution >= 4 is 11.6 Å². The topological polar surface area (TPSA) is 76.6 Å². The molecule has 0 radical (unpaired) electrons. The molecule has 32 heavy (non-hydrogen) atoms. The smallest absolute Gasteiger partial charge is 0.341 e. The monoisotopic (exact) mass is 429 g/mol. The maximum Gasteiger partial charge on any atom is 0.341 e. The lowest BCUT2D eigenvalue weighted by Crippen LogP contribution is -2.07. The summed E-state index contributed by atoms with van der Waals surface area (Å²) in [6.45, 7) is 2.20. The van der Waals surface area contributed by atoms with Gasteiger partial charge in [-0.3, -0.25) is 4.40 Å². The van der Waals surface area contributed by atoms with Crippen LogP contribution < -0.4 is 0 Å². The van der Waals surface area contributed by atoms with Crippen molar-refractivity contribution in [3.8, 4) is 28.5 Å². The Morgan fingerprint density at radius 1 is 1.16 bits per heavy atom. The van der Waals surface area contributed by atoms with Crippen molar-refractivity contribution in [2.45, 2.75) is 13.5 Å². The summed E-state index contributed by atoms with van der Waals surface area (Å²) in [6, 6.07) is 15.7. The molecule has 0 spiro atoms. The van der Waals surface area contributed by atoms with Crippen LogP contribution in [-0.2, 0) is 16.1 Å². The first kappa shape index (κ1) is 21.2. The summed E-state index contributed by atoms with van der Waals surface area (Å²) in [5.41, 5.74) is 5.13. The van der Waals surface area contributed by atoms with Crippen LogP contribution in [0, 0.1) is 17.1 Å². The quantitative estimate of drug-likeness (QED) is 0.403. The molecule has 0 amide bonds. The third-order valence-corrected chi connectivity index (χ3v) is 5.11. The van der Waals surface area contributed by atoms with Gasteiger partial charge in [0.2, 0.25) is 0 Å². The highest BCUT2D eigenvalue weighted by atomic mass is 19.1. The molecule has 6 nitrogen and oxygen atoms in total. The number of carbonyl (C=O) groups excluding carboxylic acids is 1. The Morgan fingerprint density at radius 3 is 2.69 bits per heavy atom. The second-order valence-electron chi connectivity index (χ2n) is 7.12. The van der Waals surface area contributed by atoms with Gasteiger partial charge in [-0.2, -0.15) is 5.26 Å².